The van der Waals surface area contributed by atoms with E-state index < -0.39 is 52.4 Å². The van der Waals surface area contributed by atoms with Gasteiger partial charge < -0.3 is 19.0 Å². The smallest absolute Gasteiger partial charge is 0.414 e. The number of hydrogen-bond acceptors (Lipinski definition) is 6. The summed E-state index contributed by atoms with van der Waals surface area (Å²) in [7, 11) is 0. The van der Waals surface area contributed by atoms with Crippen molar-refractivity contribution in [3.05, 3.63) is 29.8 Å². The number of nitrogens with one attached hydrogen (secondary N) is 1. The summed E-state index contributed by atoms with van der Waals surface area (Å²) in [6.07, 6.45) is -0.953. The Kier molecular flexibility index (Phi) is 5.02. The fourth-order valence-corrected chi connectivity index (χ4v) is 1.85. The van der Waals surface area contributed by atoms with E-state index in [9.17, 15) is 23.5 Å². The number of ether oxygens (including phenoxy) is 2. The van der Waals surface area contributed by atoms with Gasteiger partial charge in [-0.2, -0.15) is 0 Å². The Balaban J connectivity index is 2.53. The second kappa shape index (κ2) is 6.99. The lowest BCUT2D eigenvalue weighted by molar-refractivity contribution is -0.132. The lowest BCUT2D eigenvalue weighted by atomic mass is 10.1. The summed E-state index contributed by atoms with van der Waals surface area (Å²) in [5.41, 5.74) is -0.419. The van der Waals surface area contributed by atoms with Crippen molar-refractivity contribution < 1.29 is 37.4 Å². The first-order valence-corrected chi connectivity index (χ1v) is 6.77. The highest BCUT2D eigenvalue weighted by Gasteiger charge is 2.28. The maximum atomic E-state index is 13.9. The predicted molar refractivity (Wildman–Crippen MR) is 77.7 cm³/mol. The van der Waals surface area contributed by atoms with E-state index in [0.717, 1.165) is 19.1 Å². The molecular formula is C15H13F2NO6. The van der Waals surface area contributed by atoms with E-state index in [2.05, 4.69) is 10.1 Å². The normalized spacial score (nSPS) is 10.3. The SMILES string of the molecule is CCOC(=O)Nc1oc(-c2cccc(F)c2F)c(O)c1OC(C)=O. The average molecular weight is 341 g/mol. The van der Waals surface area contributed by atoms with Gasteiger partial charge in [0.2, 0.25) is 11.5 Å². The zero-order valence-corrected chi connectivity index (χ0v) is 12.7. The molecule has 128 valence electrons. The number of aromatic hydroxyl groups is 1. The van der Waals surface area contributed by atoms with Crippen LogP contribution < -0.4 is 10.1 Å². The second-order valence-electron chi connectivity index (χ2n) is 4.48. The number of benzene rings is 1. The summed E-state index contributed by atoms with van der Waals surface area (Å²) in [4.78, 5) is 22.6. The fraction of sp³-hybridized carbons (Fsp3) is 0.200. The summed E-state index contributed by atoms with van der Waals surface area (Å²) in [6, 6.07) is 3.21. The van der Waals surface area contributed by atoms with Crippen molar-refractivity contribution in [2.24, 2.45) is 0 Å². The molecule has 0 aliphatic carbocycles. The van der Waals surface area contributed by atoms with E-state index in [1.807, 2.05) is 0 Å². The van der Waals surface area contributed by atoms with Crippen LogP contribution in [-0.4, -0.2) is 23.8 Å². The quantitative estimate of drug-likeness (QED) is 0.827. The molecule has 1 aromatic carbocycles. The molecule has 2 rings (SSSR count). The second-order valence-corrected chi connectivity index (χ2v) is 4.48. The largest absolute Gasteiger partial charge is 0.502 e. The van der Waals surface area contributed by atoms with Gasteiger partial charge in [-0.15, -0.1) is 0 Å². The molecule has 2 N–H and O–H groups in total. The molecule has 0 unspecified atom stereocenters. The van der Waals surface area contributed by atoms with Crippen molar-refractivity contribution >= 4 is 17.9 Å². The molecule has 24 heavy (non-hydrogen) atoms. The number of carbonyl (C=O) groups is 2. The Morgan fingerprint density at radius 1 is 1.33 bits per heavy atom. The lowest BCUT2D eigenvalue weighted by Gasteiger charge is -2.04. The molecule has 0 aliphatic heterocycles. The van der Waals surface area contributed by atoms with Gasteiger partial charge in [0.1, 0.15) is 0 Å². The van der Waals surface area contributed by atoms with E-state index in [1.54, 1.807) is 6.92 Å². The third-order valence-electron chi connectivity index (χ3n) is 2.77. The van der Waals surface area contributed by atoms with Crippen LogP contribution in [0.1, 0.15) is 13.8 Å². The molecule has 0 saturated heterocycles. The van der Waals surface area contributed by atoms with Gasteiger partial charge >= 0.3 is 12.1 Å². The van der Waals surface area contributed by atoms with Crippen molar-refractivity contribution in [2.45, 2.75) is 13.8 Å². The summed E-state index contributed by atoms with van der Waals surface area (Å²) in [5.74, 6) is -5.61. The number of rotatable bonds is 4. The third-order valence-corrected chi connectivity index (χ3v) is 2.77. The summed E-state index contributed by atoms with van der Waals surface area (Å²) >= 11 is 0. The number of halogens is 2. The van der Waals surface area contributed by atoms with Crippen LogP contribution in [0.3, 0.4) is 0 Å². The highest BCUT2D eigenvalue weighted by molar-refractivity contribution is 5.89. The predicted octanol–water partition coefficient (Wildman–Crippen LogP) is 3.42. The average Bonchev–Trinajstić information content (AvgIpc) is 2.79. The first kappa shape index (κ1) is 17.3. The first-order chi connectivity index (χ1) is 11.3. The molecule has 0 saturated carbocycles. The van der Waals surface area contributed by atoms with Crippen LogP contribution in [0.25, 0.3) is 11.3 Å². The summed E-state index contributed by atoms with van der Waals surface area (Å²) < 4.78 is 41.8. The standard InChI is InChI=1S/C15H13F2NO6/c1-3-22-15(21)18-14-13(23-7(2)19)11(20)12(24-14)8-5-4-6-9(16)10(8)17/h4-6,20H,3H2,1-2H3,(H,18,21). The van der Waals surface area contributed by atoms with Gasteiger partial charge in [-0.3, -0.25) is 10.1 Å². The topological polar surface area (TPSA) is 98.0 Å². The highest BCUT2D eigenvalue weighted by Crippen LogP contribution is 2.47. The molecule has 9 heteroatoms. The monoisotopic (exact) mass is 341 g/mol. The molecule has 7 nitrogen and oxygen atoms in total. The van der Waals surface area contributed by atoms with Gasteiger partial charge in [-0.25, -0.2) is 13.6 Å². The Hall–Kier alpha value is -3.10. The minimum atomic E-state index is -1.28. The number of furan rings is 1. The maximum Gasteiger partial charge on any atom is 0.414 e. The van der Waals surface area contributed by atoms with Crippen LogP contribution in [0.2, 0.25) is 0 Å². The van der Waals surface area contributed by atoms with Crippen molar-refractivity contribution in [1.82, 2.24) is 0 Å². The van der Waals surface area contributed by atoms with Crippen molar-refractivity contribution in [3.8, 4) is 22.8 Å². The number of carbonyl (C=O) groups excluding carboxylic acids is 2. The van der Waals surface area contributed by atoms with Gasteiger partial charge in [0.15, 0.2) is 17.4 Å². The Bertz CT molecular complexity index is 787. The van der Waals surface area contributed by atoms with Crippen LogP contribution in [0.5, 0.6) is 11.5 Å². The number of hydrogen-bond donors (Lipinski definition) is 2. The Labute approximate surface area is 134 Å². The molecule has 0 spiro atoms. The van der Waals surface area contributed by atoms with E-state index >= 15 is 0 Å². The molecule has 0 radical (unpaired) electrons. The van der Waals surface area contributed by atoms with E-state index in [1.165, 1.54) is 6.07 Å². The Morgan fingerprint density at radius 2 is 2.04 bits per heavy atom. The van der Waals surface area contributed by atoms with Crippen molar-refractivity contribution in [2.75, 3.05) is 11.9 Å². The third kappa shape index (κ3) is 3.45. The molecule has 0 aliphatic rings. The minimum absolute atomic E-state index is 0.0484. The van der Waals surface area contributed by atoms with Gasteiger partial charge in [-0.1, -0.05) is 6.07 Å². The summed E-state index contributed by atoms with van der Waals surface area (Å²) in [6.45, 7) is 2.65. The maximum absolute atomic E-state index is 13.9. The summed E-state index contributed by atoms with van der Waals surface area (Å²) in [5, 5.41) is 12.2. The fourth-order valence-electron chi connectivity index (χ4n) is 1.85. The van der Waals surface area contributed by atoms with Gasteiger partial charge in [0, 0.05) is 6.92 Å². The highest BCUT2D eigenvalue weighted by atomic mass is 19.2. The molecule has 1 amide bonds. The number of amides is 1. The molecular weight excluding hydrogens is 328 g/mol. The molecule has 0 atom stereocenters. The van der Waals surface area contributed by atoms with E-state index in [-0.39, 0.29) is 6.61 Å². The zero-order valence-electron chi connectivity index (χ0n) is 12.7. The van der Waals surface area contributed by atoms with Gasteiger partial charge in [0.05, 0.1) is 12.2 Å². The zero-order chi connectivity index (χ0) is 17.9. The van der Waals surface area contributed by atoms with Crippen molar-refractivity contribution in [1.29, 1.82) is 0 Å². The molecule has 2 aromatic rings. The Morgan fingerprint density at radius 3 is 2.67 bits per heavy atom. The molecule has 1 heterocycles. The lowest BCUT2D eigenvalue weighted by Crippen LogP contribution is -2.14. The van der Waals surface area contributed by atoms with Crippen LogP contribution in [0, 0.1) is 11.6 Å². The van der Waals surface area contributed by atoms with Crippen LogP contribution in [-0.2, 0) is 9.53 Å². The van der Waals surface area contributed by atoms with Crippen LogP contribution in [0.15, 0.2) is 22.6 Å². The minimum Gasteiger partial charge on any atom is -0.502 e. The number of esters is 1. The molecule has 0 fully saturated rings. The van der Waals surface area contributed by atoms with E-state index in [4.69, 9.17) is 9.15 Å². The molecule has 1 aromatic heterocycles. The van der Waals surface area contributed by atoms with Crippen LogP contribution in [0.4, 0.5) is 19.5 Å². The van der Waals surface area contributed by atoms with Gasteiger partial charge in [-0.05, 0) is 19.1 Å². The first-order valence-electron chi connectivity index (χ1n) is 6.77. The number of anilines is 1. The van der Waals surface area contributed by atoms with Crippen LogP contribution >= 0.6 is 0 Å². The van der Waals surface area contributed by atoms with Gasteiger partial charge in [0.25, 0.3) is 5.88 Å². The molecule has 0 bridgehead atoms. The van der Waals surface area contributed by atoms with Crippen molar-refractivity contribution in [3.63, 3.8) is 0 Å². The van der Waals surface area contributed by atoms with E-state index in [0.29, 0.717) is 0 Å².